The van der Waals surface area contributed by atoms with Crippen LogP contribution in [-0.2, 0) is 11.3 Å². The standard InChI is InChI=1S/C18H25NO4/c1-2-7-18(14-20)8-4-9-19(13-18)11-15-5-3-6-16(10-15)23-12-17(21)22/h2-3,5-6,10,20H,1,4,7-9,11-14H2,(H,21,22). The molecular weight excluding hydrogens is 294 g/mol. The number of aliphatic hydroxyl groups is 1. The van der Waals surface area contributed by atoms with Crippen LogP contribution in [0.2, 0.25) is 0 Å². The first-order chi connectivity index (χ1) is 11.1. The number of aliphatic hydroxyl groups excluding tert-OH is 1. The van der Waals surface area contributed by atoms with Crippen LogP contribution >= 0.6 is 0 Å². The van der Waals surface area contributed by atoms with Gasteiger partial charge in [-0.3, -0.25) is 4.90 Å². The molecule has 0 amide bonds. The molecule has 5 heteroatoms. The summed E-state index contributed by atoms with van der Waals surface area (Å²) in [5.74, 6) is -0.412. The van der Waals surface area contributed by atoms with Gasteiger partial charge in [0.1, 0.15) is 5.75 Å². The van der Waals surface area contributed by atoms with Gasteiger partial charge in [-0.15, -0.1) is 6.58 Å². The van der Waals surface area contributed by atoms with Gasteiger partial charge in [0.25, 0.3) is 0 Å². The third-order valence-corrected chi connectivity index (χ3v) is 4.32. The van der Waals surface area contributed by atoms with E-state index < -0.39 is 5.97 Å². The molecule has 23 heavy (non-hydrogen) atoms. The molecule has 1 aliphatic heterocycles. The van der Waals surface area contributed by atoms with E-state index >= 15 is 0 Å². The van der Waals surface area contributed by atoms with E-state index in [2.05, 4.69) is 11.5 Å². The van der Waals surface area contributed by atoms with Gasteiger partial charge < -0.3 is 14.9 Å². The number of nitrogens with zero attached hydrogens (tertiary/aromatic N) is 1. The van der Waals surface area contributed by atoms with Crippen LogP contribution in [0.3, 0.4) is 0 Å². The molecule has 2 N–H and O–H groups in total. The quantitative estimate of drug-likeness (QED) is 0.720. The Morgan fingerprint density at radius 1 is 1.48 bits per heavy atom. The summed E-state index contributed by atoms with van der Waals surface area (Å²) in [4.78, 5) is 12.9. The topological polar surface area (TPSA) is 70.0 Å². The molecule has 1 heterocycles. The maximum atomic E-state index is 10.6. The SMILES string of the molecule is C=CCC1(CO)CCCN(Cc2cccc(OCC(=O)O)c2)C1. The lowest BCUT2D eigenvalue weighted by Crippen LogP contribution is -2.44. The van der Waals surface area contributed by atoms with E-state index in [4.69, 9.17) is 9.84 Å². The third kappa shape index (κ3) is 5.08. The highest BCUT2D eigenvalue weighted by Crippen LogP contribution is 2.34. The molecule has 2 rings (SSSR count). The number of rotatable bonds is 8. The number of hydrogen-bond acceptors (Lipinski definition) is 4. The molecule has 1 aliphatic rings. The molecule has 0 saturated carbocycles. The van der Waals surface area contributed by atoms with Crippen LogP contribution in [0.25, 0.3) is 0 Å². The Kier molecular flexibility index (Phi) is 6.19. The van der Waals surface area contributed by atoms with Crippen molar-refractivity contribution in [1.82, 2.24) is 4.90 Å². The smallest absolute Gasteiger partial charge is 0.341 e. The average Bonchev–Trinajstić information content (AvgIpc) is 2.54. The lowest BCUT2D eigenvalue weighted by Gasteiger charge is -2.41. The third-order valence-electron chi connectivity index (χ3n) is 4.32. The van der Waals surface area contributed by atoms with E-state index in [1.54, 1.807) is 6.07 Å². The molecule has 0 spiro atoms. The van der Waals surface area contributed by atoms with Crippen molar-refractivity contribution in [1.29, 1.82) is 0 Å². The largest absolute Gasteiger partial charge is 0.482 e. The second-order valence-electron chi connectivity index (χ2n) is 6.29. The Bertz CT molecular complexity index is 546. The van der Waals surface area contributed by atoms with Crippen molar-refractivity contribution in [3.05, 3.63) is 42.5 Å². The molecular formula is C18H25NO4. The molecule has 0 bridgehead atoms. The molecule has 0 aliphatic carbocycles. The van der Waals surface area contributed by atoms with Crippen LogP contribution in [0.4, 0.5) is 0 Å². The van der Waals surface area contributed by atoms with E-state index in [0.717, 1.165) is 44.5 Å². The zero-order valence-electron chi connectivity index (χ0n) is 13.4. The summed E-state index contributed by atoms with van der Waals surface area (Å²) in [6.45, 7) is 6.26. The summed E-state index contributed by atoms with van der Waals surface area (Å²) >= 11 is 0. The normalized spacial score (nSPS) is 21.8. The Balaban J connectivity index is 1.99. The molecule has 126 valence electrons. The fourth-order valence-corrected chi connectivity index (χ4v) is 3.25. The molecule has 0 radical (unpaired) electrons. The summed E-state index contributed by atoms with van der Waals surface area (Å²) < 4.78 is 5.23. The molecule has 5 nitrogen and oxygen atoms in total. The first kappa shape index (κ1) is 17.5. The van der Waals surface area contributed by atoms with Crippen molar-refractivity contribution in [2.75, 3.05) is 26.3 Å². The van der Waals surface area contributed by atoms with Gasteiger partial charge in [-0.25, -0.2) is 4.79 Å². The number of piperidine rings is 1. The number of ether oxygens (including phenoxy) is 1. The van der Waals surface area contributed by atoms with Crippen LogP contribution < -0.4 is 4.74 Å². The maximum Gasteiger partial charge on any atom is 0.341 e. The van der Waals surface area contributed by atoms with Gasteiger partial charge >= 0.3 is 5.97 Å². The Morgan fingerprint density at radius 2 is 2.30 bits per heavy atom. The summed E-state index contributed by atoms with van der Waals surface area (Å²) in [7, 11) is 0. The molecule has 1 aromatic rings. The molecule has 0 aromatic heterocycles. The lowest BCUT2D eigenvalue weighted by molar-refractivity contribution is -0.139. The van der Waals surface area contributed by atoms with Crippen molar-refractivity contribution in [3.63, 3.8) is 0 Å². The number of aliphatic carboxylic acids is 1. The van der Waals surface area contributed by atoms with Gasteiger partial charge in [0.05, 0.1) is 6.61 Å². The molecule has 1 fully saturated rings. The minimum Gasteiger partial charge on any atom is -0.482 e. The number of benzene rings is 1. The summed E-state index contributed by atoms with van der Waals surface area (Å²) in [5, 5.41) is 18.4. The van der Waals surface area contributed by atoms with Gasteiger partial charge in [-0.2, -0.15) is 0 Å². The van der Waals surface area contributed by atoms with E-state index in [1.165, 1.54) is 0 Å². The Morgan fingerprint density at radius 3 is 3.00 bits per heavy atom. The zero-order valence-corrected chi connectivity index (χ0v) is 13.4. The maximum absolute atomic E-state index is 10.6. The lowest BCUT2D eigenvalue weighted by atomic mass is 9.78. The molecule has 1 unspecified atom stereocenters. The minimum atomic E-state index is -0.983. The van der Waals surface area contributed by atoms with E-state index in [-0.39, 0.29) is 18.6 Å². The van der Waals surface area contributed by atoms with Crippen LogP contribution in [0.1, 0.15) is 24.8 Å². The molecule has 1 aromatic carbocycles. The highest BCUT2D eigenvalue weighted by molar-refractivity contribution is 5.68. The summed E-state index contributed by atoms with van der Waals surface area (Å²) in [6, 6.07) is 7.53. The van der Waals surface area contributed by atoms with Crippen molar-refractivity contribution >= 4 is 5.97 Å². The van der Waals surface area contributed by atoms with E-state index in [0.29, 0.717) is 5.75 Å². The highest BCUT2D eigenvalue weighted by atomic mass is 16.5. The van der Waals surface area contributed by atoms with Crippen LogP contribution in [0, 0.1) is 5.41 Å². The van der Waals surface area contributed by atoms with Crippen molar-refractivity contribution in [2.45, 2.75) is 25.8 Å². The van der Waals surface area contributed by atoms with Crippen LogP contribution in [0.5, 0.6) is 5.75 Å². The first-order valence-electron chi connectivity index (χ1n) is 7.94. The van der Waals surface area contributed by atoms with Crippen LogP contribution in [-0.4, -0.2) is 47.4 Å². The fourth-order valence-electron chi connectivity index (χ4n) is 3.25. The van der Waals surface area contributed by atoms with Gasteiger partial charge in [-0.05, 0) is 43.5 Å². The van der Waals surface area contributed by atoms with Gasteiger partial charge in [0.2, 0.25) is 0 Å². The number of allylic oxidation sites excluding steroid dienone is 1. The van der Waals surface area contributed by atoms with Crippen LogP contribution in [0.15, 0.2) is 36.9 Å². The van der Waals surface area contributed by atoms with Gasteiger partial charge in [0, 0.05) is 18.5 Å². The predicted molar refractivity (Wildman–Crippen MR) is 88.4 cm³/mol. The zero-order chi connectivity index (χ0) is 16.7. The van der Waals surface area contributed by atoms with Gasteiger partial charge in [-0.1, -0.05) is 18.2 Å². The number of carboxylic acids is 1. The number of carboxylic acid groups (broad SMARTS) is 1. The monoisotopic (exact) mass is 319 g/mol. The highest BCUT2D eigenvalue weighted by Gasteiger charge is 2.33. The number of carbonyl (C=O) groups is 1. The molecule has 1 atom stereocenters. The van der Waals surface area contributed by atoms with Crippen molar-refractivity contribution < 1.29 is 19.7 Å². The predicted octanol–water partition coefficient (Wildman–Crippen LogP) is 2.30. The van der Waals surface area contributed by atoms with Gasteiger partial charge in [0.15, 0.2) is 6.61 Å². The molecule has 1 saturated heterocycles. The number of likely N-dealkylation sites (tertiary alicyclic amines) is 1. The Hall–Kier alpha value is -1.85. The summed E-state index contributed by atoms with van der Waals surface area (Å²) in [6.07, 6.45) is 4.79. The number of hydrogen-bond donors (Lipinski definition) is 2. The summed E-state index contributed by atoms with van der Waals surface area (Å²) in [5.41, 5.74) is 0.998. The second-order valence-corrected chi connectivity index (χ2v) is 6.29. The first-order valence-corrected chi connectivity index (χ1v) is 7.94. The van der Waals surface area contributed by atoms with E-state index in [9.17, 15) is 9.90 Å². The minimum absolute atomic E-state index is 0.0859. The van der Waals surface area contributed by atoms with Crippen molar-refractivity contribution in [3.8, 4) is 5.75 Å². The fraction of sp³-hybridized carbons (Fsp3) is 0.500. The Labute approximate surface area is 137 Å². The van der Waals surface area contributed by atoms with Crippen molar-refractivity contribution in [2.24, 2.45) is 5.41 Å². The van der Waals surface area contributed by atoms with E-state index in [1.807, 2.05) is 24.3 Å². The second kappa shape index (κ2) is 8.13. The average molecular weight is 319 g/mol.